The van der Waals surface area contributed by atoms with Gasteiger partial charge in [0, 0.05) is 18.7 Å². The number of Topliss-reactive ketones (excluding diaryl/α,β-unsaturated/α-hetero) is 2. The number of carbonyl (C=O) groups is 2. The van der Waals surface area contributed by atoms with Crippen LogP contribution in [0.3, 0.4) is 0 Å². The summed E-state index contributed by atoms with van der Waals surface area (Å²) < 4.78 is 0. The molecule has 0 fully saturated rings. The zero-order chi connectivity index (χ0) is 31.2. The minimum atomic E-state index is -2.65. The van der Waals surface area contributed by atoms with Gasteiger partial charge < -0.3 is 10.2 Å². The van der Waals surface area contributed by atoms with Gasteiger partial charge in [-0.15, -0.1) is 11.6 Å². The van der Waals surface area contributed by atoms with Crippen molar-refractivity contribution in [1.82, 2.24) is 0 Å². The molecule has 2 N–H and O–H groups in total. The third-order valence-corrected chi connectivity index (χ3v) is 9.28. The molecule has 1 unspecified atom stereocenters. The molecule has 5 heteroatoms. The van der Waals surface area contributed by atoms with Crippen LogP contribution in [0.5, 0.6) is 0 Å². The first kappa shape index (κ1) is 41.5. The highest BCUT2D eigenvalue weighted by molar-refractivity contribution is 6.20. The van der Waals surface area contributed by atoms with E-state index in [0.717, 1.165) is 32.1 Å². The maximum atomic E-state index is 12.7. The average Bonchev–Trinajstić information content (AvgIpc) is 2.97. The summed E-state index contributed by atoms with van der Waals surface area (Å²) in [5.41, 5.74) is 0. The van der Waals surface area contributed by atoms with Gasteiger partial charge in [0.25, 0.3) is 0 Å². The number of ketones is 2. The van der Waals surface area contributed by atoms with E-state index >= 15 is 0 Å². The van der Waals surface area contributed by atoms with Crippen molar-refractivity contribution in [3.63, 3.8) is 0 Å². The molecule has 0 spiro atoms. The monoisotopic (exact) mass is 615 g/mol. The van der Waals surface area contributed by atoms with Gasteiger partial charge in [0.05, 0.1) is 5.92 Å². The Balaban J connectivity index is 3.82. The number of hydrogen-bond donors (Lipinski definition) is 2. The fourth-order valence-corrected chi connectivity index (χ4v) is 6.33. The zero-order valence-corrected chi connectivity index (χ0v) is 28.8. The Morgan fingerprint density at radius 1 is 0.476 bits per heavy atom. The van der Waals surface area contributed by atoms with Crippen LogP contribution in [0, 0.1) is 5.92 Å². The molecule has 0 bridgehead atoms. The number of alkyl halides is 1. The van der Waals surface area contributed by atoms with Gasteiger partial charge in [0.15, 0.2) is 5.78 Å². The molecule has 42 heavy (non-hydrogen) atoms. The maximum Gasteiger partial charge on any atom is 0.235 e. The van der Waals surface area contributed by atoms with Crippen LogP contribution in [0.1, 0.15) is 206 Å². The van der Waals surface area contributed by atoms with E-state index in [0.29, 0.717) is 12.8 Å². The predicted octanol–water partition coefficient (Wildman–Crippen LogP) is 11.4. The van der Waals surface area contributed by atoms with E-state index in [1.165, 1.54) is 135 Å². The second-order valence-electron chi connectivity index (χ2n) is 13.0. The highest BCUT2D eigenvalue weighted by Crippen LogP contribution is 2.24. The number of rotatable bonds is 34. The normalized spacial score (nSPS) is 12.6. The third kappa shape index (κ3) is 23.9. The summed E-state index contributed by atoms with van der Waals surface area (Å²) in [6.07, 6.45) is 34.8. The van der Waals surface area contributed by atoms with E-state index in [-0.39, 0.29) is 24.5 Å². The number of aliphatic hydroxyl groups is 2. The van der Waals surface area contributed by atoms with Crippen molar-refractivity contribution in [2.75, 3.05) is 5.88 Å². The standard InChI is InChI=1S/C37H71ClO4/c1-3-5-7-9-11-13-15-17-18-20-21-23-25-27-29-31-35(39)34(33-38)37(41,42)36(40)32-30-28-26-24-22-19-16-14-12-10-8-6-4-2/h34,41-42H,3-33H2,1-2H3. The maximum absolute atomic E-state index is 12.7. The minimum Gasteiger partial charge on any atom is -0.359 e. The molecular weight excluding hydrogens is 544 g/mol. The Kier molecular flexibility index (Phi) is 30.2. The van der Waals surface area contributed by atoms with Crippen LogP contribution < -0.4 is 0 Å². The lowest BCUT2D eigenvalue weighted by Gasteiger charge is -2.27. The van der Waals surface area contributed by atoms with Crippen LogP contribution in [-0.2, 0) is 9.59 Å². The summed E-state index contributed by atoms with van der Waals surface area (Å²) in [7, 11) is 0. The van der Waals surface area contributed by atoms with E-state index < -0.39 is 17.5 Å². The van der Waals surface area contributed by atoms with Crippen LogP contribution in [0.2, 0.25) is 0 Å². The summed E-state index contributed by atoms with van der Waals surface area (Å²) in [6, 6.07) is 0. The van der Waals surface area contributed by atoms with E-state index in [4.69, 9.17) is 11.6 Å². The number of carbonyl (C=O) groups excluding carboxylic acids is 2. The Labute approximate surface area is 266 Å². The Morgan fingerprint density at radius 3 is 1.02 bits per heavy atom. The van der Waals surface area contributed by atoms with E-state index in [9.17, 15) is 19.8 Å². The van der Waals surface area contributed by atoms with Crippen molar-refractivity contribution in [2.45, 2.75) is 212 Å². The molecule has 0 aliphatic carbocycles. The molecule has 0 aromatic carbocycles. The van der Waals surface area contributed by atoms with E-state index in [1.807, 2.05) is 0 Å². The SMILES string of the molecule is CCCCCCCCCCCCCCCCCC(=O)C(CCl)C(O)(O)C(=O)CCCCCCCCCCCCCCC. The van der Waals surface area contributed by atoms with Crippen molar-refractivity contribution in [2.24, 2.45) is 5.92 Å². The van der Waals surface area contributed by atoms with E-state index in [1.54, 1.807) is 0 Å². The fourth-order valence-electron chi connectivity index (χ4n) is 5.94. The topological polar surface area (TPSA) is 74.6 Å². The predicted molar refractivity (Wildman–Crippen MR) is 181 cm³/mol. The van der Waals surface area contributed by atoms with Crippen LogP contribution in [0.4, 0.5) is 0 Å². The second-order valence-corrected chi connectivity index (χ2v) is 13.3. The molecule has 0 aliphatic heterocycles. The Bertz CT molecular complexity index is 607. The van der Waals surface area contributed by atoms with E-state index in [2.05, 4.69) is 13.8 Å². The van der Waals surface area contributed by atoms with Gasteiger partial charge in [0.1, 0.15) is 5.78 Å². The van der Waals surface area contributed by atoms with Crippen LogP contribution >= 0.6 is 11.6 Å². The number of unbranched alkanes of at least 4 members (excludes halogenated alkanes) is 26. The van der Waals surface area contributed by atoms with Crippen molar-refractivity contribution in [3.05, 3.63) is 0 Å². The molecule has 0 rings (SSSR count). The highest BCUT2D eigenvalue weighted by atomic mass is 35.5. The van der Waals surface area contributed by atoms with Gasteiger partial charge in [-0.05, 0) is 12.8 Å². The van der Waals surface area contributed by atoms with Gasteiger partial charge in [-0.3, -0.25) is 9.59 Å². The largest absolute Gasteiger partial charge is 0.359 e. The molecule has 0 aromatic heterocycles. The molecule has 0 aromatic rings. The Morgan fingerprint density at radius 2 is 0.738 bits per heavy atom. The van der Waals surface area contributed by atoms with Gasteiger partial charge in [-0.1, -0.05) is 181 Å². The number of halogens is 1. The summed E-state index contributed by atoms with van der Waals surface area (Å²) >= 11 is 5.96. The summed E-state index contributed by atoms with van der Waals surface area (Å²) in [5.74, 6) is -5.09. The molecular formula is C37H71ClO4. The molecule has 0 amide bonds. The first-order valence-electron chi connectivity index (χ1n) is 18.5. The summed E-state index contributed by atoms with van der Waals surface area (Å²) in [5, 5.41) is 21.1. The molecule has 4 nitrogen and oxygen atoms in total. The van der Waals surface area contributed by atoms with Gasteiger partial charge in [-0.25, -0.2) is 0 Å². The number of hydrogen-bond acceptors (Lipinski definition) is 4. The molecule has 1 atom stereocenters. The molecule has 0 saturated heterocycles. The average molecular weight is 615 g/mol. The summed E-state index contributed by atoms with van der Waals surface area (Å²) in [6.45, 7) is 4.51. The molecule has 250 valence electrons. The minimum absolute atomic E-state index is 0.0877. The third-order valence-electron chi connectivity index (χ3n) is 8.97. The first-order valence-corrected chi connectivity index (χ1v) is 19.0. The van der Waals surface area contributed by atoms with Crippen molar-refractivity contribution in [1.29, 1.82) is 0 Å². The summed E-state index contributed by atoms with van der Waals surface area (Å²) in [4.78, 5) is 25.3. The van der Waals surface area contributed by atoms with Gasteiger partial charge in [-0.2, -0.15) is 0 Å². The van der Waals surface area contributed by atoms with Gasteiger partial charge in [0.2, 0.25) is 5.79 Å². The first-order chi connectivity index (χ1) is 20.4. The van der Waals surface area contributed by atoms with Crippen LogP contribution in [0.15, 0.2) is 0 Å². The smallest absolute Gasteiger partial charge is 0.235 e. The second kappa shape index (κ2) is 30.6. The van der Waals surface area contributed by atoms with Crippen LogP contribution in [-0.4, -0.2) is 33.4 Å². The van der Waals surface area contributed by atoms with Gasteiger partial charge >= 0.3 is 0 Å². The quantitative estimate of drug-likeness (QED) is 0.0429. The lowest BCUT2D eigenvalue weighted by atomic mass is 9.87. The molecule has 0 radical (unpaired) electrons. The lowest BCUT2D eigenvalue weighted by Crippen LogP contribution is -2.50. The van der Waals surface area contributed by atoms with Crippen molar-refractivity contribution < 1.29 is 19.8 Å². The van der Waals surface area contributed by atoms with Crippen LogP contribution in [0.25, 0.3) is 0 Å². The zero-order valence-electron chi connectivity index (χ0n) is 28.1. The fraction of sp³-hybridized carbons (Fsp3) is 0.946. The molecule has 0 aliphatic rings. The van der Waals surface area contributed by atoms with Crippen molar-refractivity contribution >= 4 is 23.2 Å². The van der Waals surface area contributed by atoms with Crippen molar-refractivity contribution in [3.8, 4) is 0 Å². The molecule has 0 saturated carbocycles. The Hall–Kier alpha value is -0.450. The molecule has 0 heterocycles. The highest BCUT2D eigenvalue weighted by Gasteiger charge is 2.44. The lowest BCUT2D eigenvalue weighted by molar-refractivity contribution is -0.201.